The molecule has 68 valence electrons. The zero-order chi connectivity index (χ0) is 8.81. The van der Waals surface area contributed by atoms with E-state index in [1.54, 1.807) is 0 Å². The minimum Gasteiger partial charge on any atom is -0.375 e. The summed E-state index contributed by atoms with van der Waals surface area (Å²) in [5.74, 6) is -0.319. The van der Waals surface area contributed by atoms with Gasteiger partial charge in [0.25, 0.3) is 0 Å². The van der Waals surface area contributed by atoms with E-state index in [4.69, 9.17) is 0 Å². The van der Waals surface area contributed by atoms with Gasteiger partial charge in [-0.05, 0) is 18.0 Å². The summed E-state index contributed by atoms with van der Waals surface area (Å²) in [5, 5.41) is 4.46. The smallest absolute Gasteiger partial charge is 0.375 e. The number of aryl methyl sites for hydroxylation is 1. The van der Waals surface area contributed by atoms with Crippen molar-refractivity contribution in [2.45, 2.75) is 25.7 Å². The molecule has 0 bridgehead atoms. The van der Waals surface area contributed by atoms with Gasteiger partial charge in [-0.3, -0.25) is 4.52 Å². The van der Waals surface area contributed by atoms with Gasteiger partial charge in [-0.25, -0.2) is 4.79 Å². The Morgan fingerprint density at radius 1 is 1.33 bits per heavy atom. The lowest BCUT2D eigenvalue weighted by molar-refractivity contribution is 0.334. The number of hydrogen-bond acceptors (Lipinski definition) is 4. The lowest BCUT2D eigenvalue weighted by Gasteiger charge is -1.92. The number of nitrogens with zero attached hydrogens (tertiary/aromatic N) is 1. The molecule has 0 unspecified atom stereocenters. The second-order valence-electron chi connectivity index (χ2n) is 2.43. The average molecular weight is 236 g/mol. The van der Waals surface area contributed by atoms with E-state index in [9.17, 15) is 4.79 Å². The van der Waals surface area contributed by atoms with E-state index < -0.39 is 5.82 Å². The van der Waals surface area contributed by atoms with Crippen LogP contribution in [0.15, 0.2) is 13.7 Å². The predicted octanol–water partition coefficient (Wildman–Crippen LogP) is 1.74. The van der Waals surface area contributed by atoms with Gasteiger partial charge in [0.1, 0.15) is 0 Å². The van der Waals surface area contributed by atoms with Crippen LogP contribution < -0.4 is 5.82 Å². The fourth-order valence-electron chi connectivity index (χ4n) is 0.866. The molecule has 1 aromatic rings. The van der Waals surface area contributed by atoms with Gasteiger partial charge in [-0.2, -0.15) is 0 Å². The fourth-order valence-corrected chi connectivity index (χ4v) is 1.26. The standard InChI is InChI=1S/C7H10BrNO3/c8-5-3-1-2-4-6-9-12-7(10)11-6/h1-5H2. The second-order valence-corrected chi connectivity index (χ2v) is 3.22. The fraction of sp³-hybridized carbons (Fsp3) is 0.714. The highest BCUT2D eigenvalue weighted by Crippen LogP contribution is 2.03. The summed E-state index contributed by atoms with van der Waals surface area (Å²) in [7, 11) is 0. The first-order valence-corrected chi connectivity index (χ1v) is 4.96. The molecule has 0 aliphatic heterocycles. The van der Waals surface area contributed by atoms with Crippen molar-refractivity contribution in [3.8, 4) is 0 Å². The topological polar surface area (TPSA) is 56.2 Å². The van der Waals surface area contributed by atoms with Crippen molar-refractivity contribution in [2.75, 3.05) is 5.33 Å². The van der Waals surface area contributed by atoms with Crippen molar-refractivity contribution >= 4 is 15.9 Å². The zero-order valence-electron chi connectivity index (χ0n) is 6.59. The van der Waals surface area contributed by atoms with Crippen LogP contribution in [-0.4, -0.2) is 10.5 Å². The molecule has 1 rings (SSSR count). The molecule has 0 saturated heterocycles. The zero-order valence-corrected chi connectivity index (χ0v) is 8.17. The lowest BCUT2D eigenvalue weighted by atomic mass is 10.2. The first-order valence-electron chi connectivity index (χ1n) is 3.84. The van der Waals surface area contributed by atoms with Crippen molar-refractivity contribution in [1.29, 1.82) is 0 Å². The van der Waals surface area contributed by atoms with Crippen LogP contribution in [-0.2, 0) is 6.42 Å². The van der Waals surface area contributed by atoms with Crippen LogP contribution >= 0.6 is 15.9 Å². The number of aromatic nitrogens is 1. The summed E-state index contributed by atoms with van der Waals surface area (Å²) < 4.78 is 8.86. The number of rotatable bonds is 5. The van der Waals surface area contributed by atoms with Crippen LogP contribution in [0.25, 0.3) is 0 Å². The highest BCUT2D eigenvalue weighted by molar-refractivity contribution is 9.09. The van der Waals surface area contributed by atoms with E-state index in [1.165, 1.54) is 0 Å². The van der Waals surface area contributed by atoms with Gasteiger partial charge in [0.2, 0.25) is 5.89 Å². The maximum Gasteiger partial charge on any atom is 0.542 e. The molecule has 0 N–H and O–H groups in total. The lowest BCUT2D eigenvalue weighted by Crippen LogP contribution is -1.88. The highest BCUT2D eigenvalue weighted by Gasteiger charge is 2.01. The molecule has 1 aromatic heterocycles. The van der Waals surface area contributed by atoms with E-state index in [-0.39, 0.29) is 0 Å². The predicted molar refractivity (Wildman–Crippen MR) is 46.4 cm³/mol. The van der Waals surface area contributed by atoms with Gasteiger partial charge >= 0.3 is 5.82 Å². The van der Waals surface area contributed by atoms with Crippen LogP contribution in [0.4, 0.5) is 0 Å². The molecule has 0 fully saturated rings. The van der Waals surface area contributed by atoms with Crippen LogP contribution in [0.1, 0.15) is 25.2 Å². The number of hydrogen-bond donors (Lipinski definition) is 0. The van der Waals surface area contributed by atoms with E-state index >= 15 is 0 Å². The second kappa shape index (κ2) is 5.13. The molecule has 0 aromatic carbocycles. The van der Waals surface area contributed by atoms with Crippen LogP contribution in [0.3, 0.4) is 0 Å². The van der Waals surface area contributed by atoms with Gasteiger partial charge in [0.15, 0.2) is 0 Å². The van der Waals surface area contributed by atoms with Gasteiger partial charge in [-0.15, -0.1) is 0 Å². The molecule has 0 spiro atoms. The number of halogens is 1. The molecular formula is C7H10BrNO3. The van der Waals surface area contributed by atoms with E-state index in [2.05, 4.69) is 30.0 Å². The van der Waals surface area contributed by atoms with Crippen molar-refractivity contribution in [2.24, 2.45) is 0 Å². The normalized spacial score (nSPS) is 10.4. The van der Waals surface area contributed by atoms with E-state index in [0.29, 0.717) is 12.3 Å². The van der Waals surface area contributed by atoms with Crippen LogP contribution in [0.2, 0.25) is 0 Å². The monoisotopic (exact) mass is 235 g/mol. The van der Waals surface area contributed by atoms with E-state index in [0.717, 1.165) is 24.6 Å². The van der Waals surface area contributed by atoms with Crippen LogP contribution in [0.5, 0.6) is 0 Å². The Balaban J connectivity index is 2.20. The maximum atomic E-state index is 10.4. The summed E-state index contributed by atoms with van der Waals surface area (Å²) in [6.07, 6.45) is 3.88. The third kappa shape index (κ3) is 3.21. The van der Waals surface area contributed by atoms with Crippen molar-refractivity contribution in [3.63, 3.8) is 0 Å². The van der Waals surface area contributed by atoms with Crippen molar-refractivity contribution < 1.29 is 8.94 Å². The minimum absolute atomic E-state index is 0.398. The Bertz CT molecular complexity index is 268. The summed E-state index contributed by atoms with van der Waals surface area (Å²) in [6.45, 7) is 0. The largest absolute Gasteiger partial charge is 0.542 e. The third-order valence-electron chi connectivity index (χ3n) is 1.45. The van der Waals surface area contributed by atoms with Gasteiger partial charge < -0.3 is 4.42 Å². The first-order chi connectivity index (χ1) is 5.83. The molecule has 0 aliphatic carbocycles. The molecule has 0 radical (unpaired) electrons. The molecule has 12 heavy (non-hydrogen) atoms. The molecule has 1 heterocycles. The quantitative estimate of drug-likeness (QED) is 0.577. The number of unbranched alkanes of at least 4 members (excludes halogenated alkanes) is 2. The summed E-state index contributed by atoms with van der Waals surface area (Å²) in [4.78, 5) is 10.4. The summed E-state index contributed by atoms with van der Waals surface area (Å²) in [5.41, 5.74) is 0. The van der Waals surface area contributed by atoms with Gasteiger partial charge in [-0.1, -0.05) is 22.4 Å². The van der Waals surface area contributed by atoms with Crippen molar-refractivity contribution in [3.05, 3.63) is 16.5 Å². The Kier molecular flexibility index (Phi) is 4.07. The number of alkyl halides is 1. The van der Waals surface area contributed by atoms with Crippen LogP contribution in [0, 0.1) is 0 Å². The molecule has 0 saturated carbocycles. The molecule has 0 atom stereocenters. The summed E-state index contributed by atoms with van der Waals surface area (Å²) in [6, 6.07) is 0. The minimum atomic E-state index is -0.717. The molecular weight excluding hydrogens is 226 g/mol. The average Bonchev–Trinajstić information content (AvgIpc) is 2.45. The Hall–Kier alpha value is -0.580. The van der Waals surface area contributed by atoms with E-state index in [1.807, 2.05) is 0 Å². The van der Waals surface area contributed by atoms with Gasteiger partial charge in [0.05, 0.1) is 0 Å². The molecule has 0 amide bonds. The molecule has 4 nitrogen and oxygen atoms in total. The maximum absolute atomic E-state index is 10.4. The van der Waals surface area contributed by atoms with Gasteiger partial charge in [0, 0.05) is 11.8 Å². The SMILES string of the molecule is O=c1onc(CCCCCBr)o1. The molecule has 5 heteroatoms. The first kappa shape index (κ1) is 9.51. The third-order valence-corrected chi connectivity index (χ3v) is 2.01. The highest BCUT2D eigenvalue weighted by atomic mass is 79.9. The van der Waals surface area contributed by atoms with Crippen molar-refractivity contribution in [1.82, 2.24) is 5.16 Å². The Labute approximate surface area is 78.1 Å². The Morgan fingerprint density at radius 2 is 2.17 bits per heavy atom. The summed E-state index contributed by atoms with van der Waals surface area (Å²) >= 11 is 3.33. The molecule has 0 aliphatic rings. The Morgan fingerprint density at radius 3 is 2.75 bits per heavy atom.